The topological polar surface area (TPSA) is 78.7 Å². The van der Waals surface area contributed by atoms with Crippen LogP contribution in [0.25, 0.3) is 0 Å². The Hall–Kier alpha value is -2.15. The maximum absolute atomic E-state index is 13.1. The maximum Gasteiger partial charge on any atom is 0.241 e. The van der Waals surface area contributed by atoms with Crippen LogP contribution in [-0.2, 0) is 9.59 Å². The molecule has 3 rings (SSSR count). The maximum atomic E-state index is 13.1. The molecule has 0 spiro atoms. The van der Waals surface area contributed by atoms with Crippen molar-refractivity contribution in [2.24, 2.45) is 11.7 Å². The van der Waals surface area contributed by atoms with Crippen LogP contribution < -0.4 is 16.0 Å². The number of amides is 2. The van der Waals surface area contributed by atoms with E-state index in [1.807, 2.05) is 4.90 Å². The predicted molar refractivity (Wildman–Crippen MR) is 88.9 cm³/mol. The van der Waals surface area contributed by atoms with Crippen molar-refractivity contribution in [3.8, 4) is 0 Å². The fourth-order valence-corrected chi connectivity index (χ4v) is 3.41. The molecule has 3 N–H and O–H groups in total. The number of piperidine rings is 1. The highest BCUT2D eigenvalue weighted by Crippen LogP contribution is 2.20. The van der Waals surface area contributed by atoms with Gasteiger partial charge in [-0.1, -0.05) is 0 Å². The lowest BCUT2D eigenvalue weighted by atomic mass is 9.95. The molecule has 6 nitrogen and oxygen atoms in total. The average Bonchev–Trinajstić information content (AvgIpc) is 2.62. The lowest BCUT2D eigenvalue weighted by Gasteiger charge is -2.38. The summed E-state index contributed by atoms with van der Waals surface area (Å²) < 4.78 is 13.1. The summed E-state index contributed by atoms with van der Waals surface area (Å²) >= 11 is 0. The van der Waals surface area contributed by atoms with Gasteiger partial charge in [0.2, 0.25) is 11.8 Å². The molecule has 2 fully saturated rings. The number of nitrogens with one attached hydrogen (secondary N) is 1. The summed E-state index contributed by atoms with van der Waals surface area (Å²) in [5.41, 5.74) is 6.26. The number of halogens is 1. The Morgan fingerprint density at radius 2 is 1.79 bits per heavy atom. The average molecular weight is 334 g/mol. The first-order valence-corrected chi connectivity index (χ1v) is 8.36. The Morgan fingerprint density at radius 1 is 1.12 bits per heavy atom. The van der Waals surface area contributed by atoms with Gasteiger partial charge in [0, 0.05) is 44.3 Å². The minimum absolute atomic E-state index is 0.0599. The van der Waals surface area contributed by atoms with Crippen LogP contribution in [0.15, 0.2) is 24.3 Å². The van der Waals surface area contributed by atoms with E-state index in [0.717, 1.165) is 12.2 Å². The second-order valence-corrected chi connectivity index (χ2v) is 6.43. The zero-order valence-electron chi connectivity index (χ0n) is 13.6. The summed E-state index contributed by atoms with van der Waals surface area (Å²) in [6, 6.07) is 6.06. The highest BCUT2D eigenvalue weighted by Gasteiger charge is 2.32. The minimum Gasteiger partial charge on any atom is -0.369 e. The molecule has 0 bridgehead atoms. The summed E-state index contributed by atoms with van der Waals surface area (Å²) in [6.07, 6.45) is 1.27. The van der Waals surface area contributed by atoms with Crippen molar-refractivity contribution in [2.45, 2.75) is 18.9 Å². The molecule has 0 saturated carbocycles. The van der Waals surface area contributed by atoms with Crippen molar-refractivity contribution in [1.82, 2.24) is 10.2 Å². The van der Waals surface area contributed by atoms with E-state index in [-0.39, 0.29) is 29.6 Å². The van der Waals surface area contributed by atoms with Crippen molar-refractivity contribution in [1.29, 1.82) is 0 Å². The van der Waals surface area contributed by atoms with E-state index in [1.165, 1.54) is 12.1 Å². The molecule has 2 amide bonds. The highest BCUT2D eigenvalue weighted by molar-refractivity contribution is 5.83. The SMILES string of the molecule is NC(=O)C1CCN(C(=O)[C@@H]2CN(c3ccc(F)cc3)CCN2)CC1. The smallest absolute Gasteiger partial charge is 0.241 e. The number of rotatable bonds is 3. The molecule has 2 saturated heterocycles. The van der Waals surface area contributed by atoms with Crippen molar-refractivity contribution >= 4 is 17.5 Å². The van der Waals surface area contributed by atoms with Gasteiger partial charge in [-0.2, -0.15) is 0 Å². The molecule has 1 aromatic rings. The second kappa shape index (κ2) is 7.17. The third-order valence-electron chi connectivity index (χ3n) is 4.87. The second-order valence-electron chi connectivity index (χ2n) is 6.43. The van der Waals surface area contributed by atoms with Crippen LogP contribution in [-0.4, -0.2) is 55.5 Å². The van der Waals surface area contributed by atoms with Gasteiger partial charge in [-0.25, -0.2) is 4.39 Å². The van der Waals surface area contributed by atoms with E-state index in [2.05, 4.69) is 10.2 Å². The first-order valence-electron chi connectivity index (χ1n) is 8.36. The number of nitrogens with two attached hydrogens (primary N) is 1. The van der Waals surface area contributed by atoms with E-state index in [1.54, 1.807) is 12.1 Å². The fraction of sp³-hybridized carbons (Fsp3) is 0.529. The first-order chi connectivity index (χ1) is 11.5. The van der Waals surface area contributed by atoms with E-state index >= 15 is 0 Å². The molecule has 2 aliphatic heterocycles. The van der Waals surface area contributed by atoms with Gasteiger partial charge in [0.05, 0.1) is 0 Å². The monoisotopic (exact) mass is 334 g/mol. The molecular weight excluding hydrogens is 311 g/mol. The molecule has 1 aromatic carbocycles. The molecule has 0 unspecified atom stereocenters. The van der Waals surface area contributed by atoms with Crippen LogP contribution in [0.4, 0.5) is 10.1 Å². The standard InChI is InChI=1S/C17H23FN4O2/c18-13-1-3-14(4-2-13)22-10-7-20-15(11-22)17(24)21-8-5-12(6-9-21)16(19)23/h1-4,12,15,20H,5-11H2,(H2,19,23)/t15-/m0/s1. The number of anilines is 1. The molecular formula is C17H23FN4O2. The number of nitrogens with zero attached hydrogens (tertiary/aromatic N) is 2. The van der Waals surface area contributed by atoms with Gasteiger partial charge in [-0.3, -0.25) is 9.59 Å². The summed E-state index contributed by atoms with van der Waals surface area (Å²) in [7, 11) is 0. The Bertz CT molecular complexity index is 599. The Morgan fingerprint density at radius 3 is 2.42 bits per heavy atom. The minimum atomic E-state index is -0.283. The van der Waals surface area contributed by atoms with Crippen LogP contribution in [0.2, 0.25) is 0 Å². The van der Waals surface area contributed by atoms with Gasteiger partial charge in [0.25, 0.3) is 0 Å². The fourth-order valence-electron chi connectivity index (χ4n) is 3.41. The molecule has 0 aliphatic carbocycles. The third-order valence-corrected chi connectivity index (χ3v) is 4.87. The van der Waals surface area contributed by atoms with E-state index in [9.17, 15) is 14.0 Å². The van der Waals surface area contributed by atoms with Gasteiger partial charge in [0.1, 0.15) is 11.9 Å². The summed E-state index contributed by atoms with van der Waals surface area (Å²) in [4.78, 5) is 27.9. The van der Waals surface area contributed by atoms with Crippen molar-refractivity contribution in [3.05, 3.63) is 30.1 Å². The van der Waals surface area contributed by atoms with Gasteiger partial charge >= 0.3 is 0 Å². The number of benzene rings is 1. The predicted octanol–water partition coefficient (Wildman–Crippen LogP) is 0.328. The van der Waals surface area contributed by atoms with Crippen molar-refractivity contribution in [3.63, 3.8) is 0 Å². The number of primary amides is 1. The van der Waals surface area contributed by atoms with E-state index in [4.69, 9.17) is 5.73 Å². The zero-order chi connectivity index (χ0) is 17.1. The summed E-state index contributed by atoms with van der Waals surface area (Å²) in [5, 5.41) is 3.26. The number of piperazine rings is 1. The van der Waals surface area contributed by atoms with Gasteiger partial charge < -0.3 is 20.9 Å². The normalized spacial score (nSPS) is 22.5. The molecule has 130 valence electrons. The van der Waals surface area contributed by atoms with Crippen molar-refractivity contribution in [2.75, 3.05) is 37.6 Å². The van der Waals surface area contributed by atoms with Crippen LogP contribution >= 0.6 is 0 Å². The lowest BCUT2D eigenvalue weighted by Crippen LogP contribution is -2.59. The number of hydrogen-bond donors (Lipinski definition) is 2. The number of hydrogen-bond acceptors (Lipinski definition) is 4. The van der Waals surface area contributed by atoms with Gasteiger partial charge in [-0.15, -0.1) is 0 Å². The number of carbonyl (C=O) groups is 2. The molecule has 0 radical (unpaired) electrons. The Labute approximate surface area is 140 Å². The third kappa shape index (κ3) is 3.67. The van der Waals surface area contributed by atoms with Crippen molar-refractivity contribution < 1.29 is 14.0 Å². The number of likely N-dealkylation sites (tertiary alicyclic amines) is 1. The summed E-state index contributed by atoms with van der Waals surface area (Å²) in [6.45, 7) is 3.17. The van der Waals surface area contributed by atoms with Crippen LogP contribution in [0.3, 0.4) is 0 Å². The molecule has 7 heteroatoms. The Kier molecular flexibility index (Phi) is 4.99. The summed E-state index contributed by atoms with van der Waals surface area (Å²) in [5.74, 6) is -0.604. The van der Waals surface area contributed by atoms with E-state index in [0.29, 0.717) is 39.0 Å². The lowest BCUT2D eigenvalue weighted by molar-refractivity contribution is -0.136. The molecule has 2 aliphatic rings. The van der Waals surface area contributed by atoms with E-state index < -0.39 is 0 Å². The van der Waals surface area contributed by atoms with Crippen LogP contribution in [0.5, 0.6) is 0 Å². The first kappa shape index (κ1) is 16.7. The van der Waals surface area contributed by atoms with Gasteiger partial charge in [0.15, 0.2) is 0 Å². The number of carbonyl (C=O) groups excluding carboxylic acids is 2. The van der Waals surface area contributed by atoms with Crippen LogP contribution in [0, 0.1) is 11.7 Å². The molecule has 2 heterocycles. The molecule has 1 atom stereocenters. The largest absolute Gasteiger partial charge is 0.369 e. The molecule has 0 aromatic heterocycles. The Balaban J connectivity index is 1.59. The highest BCUT2D eigenvalue weighted by atomic mass is 19.1. The van der Waals surface area contributed by atoms with Crippen LogP contribution in [0.1, 0.15) is 12.8 Å². The molecule has 24 heavy (non-hydrogen) atoms. The quantitative estimate of drug-likeness (QED) is 0.835. The van der Waals surface area contributed by atoms with Gasteiger partial charge in [-0.05, 0) is 37.1 Å². The zero-order valence-corrected chi connectivity index (χ0v) is 13.6.